The van der Waals surface area contributed by atoms with Gasteiger partial charge in [0, 0.05) is 12.4 Å². The number of pyridine rings is 2. The van der Waals surface area contributed by atoms with Crippen LogP contribution < -0.4 is 0 Å². The van der Waals surface area contributed by atoms with Crippen LogP contribution in [0.3, 0.4) is 0 Å². The number of hydrogen-bond acceptors (Lipinski definition) is 2. The molecule has 0 unspecified atom stereocenters. The van der Waals surface area contributed by atoms with Gasteiger partial charge < -0.3 is 14.9 Å². The molecule has 0 saturated heterocycles. The third-order valence-corrected chi connectivity index (χ3v) is 7.03. The average molecular weight is 691 g/mol. The summed E-state index contributed by atoms with van der Waals surface area (Å²) in [4.78, 5) is 8.93. The minimum absolute atomic E-state index is 0. The number of halogens is 2. The summed E-state index contributed by atoms with van der Waals surface area (Å²) in [5.74, 6) is 0. The van der Waals surface area contributed by atoms with Crippen molar-refractivity contribution in [3.05, 3.63) is 134 Å². The topological polar surface area (TPSA) is 25.8 Å². The normalized spacial score (nSPS) is 9.50. The Morgan fingerprint density at radius 3 is 1.31 bits per heavy atom. The van der Waals surface area contributed by atoms with Gasteiger partial charge in [0.05, 0.1) is 11.4 Å². The van der Waals surface area contributed by atoms with E-state index >= 15 is 0 Å². The van der Waals surface area contributed by atoms with Crippen LogP contribution in [0.1, 0.15) is 36.1 Å². The predicted molar refractivity (Wildman–Crippen MR) is 187 cm³/mol. The molecule has 0 aliphatic rings. The van der Waals surface area contributed by atoms with Crippen molar-refractivity contribution in [2.75, 3.05) is 0 Å². The molecule has 0 aliphatic carbocycles. The fourth-order valence-electron chi connectivity index (χ4n) is 4.91. The van der Waals surface area contributed by atoms with E-state index in [4.69, 9.17) is 0 Å². The second-order valence-electron chi connectivity index (χ2n) is 9.38. The van der Waals surface area contributed by atoms with E-state index in [9.17, 15) is 0 Å². The summed E-state index contributed by atoms with van der Waals surface area (Å²) < 4.78 is 0. The van der Waals surface area contributed by atoms with Crippen LogP contribution in [-0.2, 0) is 36.2 Å². The van der Waals surface area contributed by atoms with Crippen molar-refractivity contribution >= 4 is 53.2 Å². The number of aryl methyl sites for hydroxylation is 4. The van der Waals surface area contributed by atoms with E-state index in [1.165, 1.54) is 78.3 Å². The summed E-state index contributed by atoms with van der Waals surface area (Å²) in [6.45, 7) is 11.8. The van der Waals surface area contributed by atoms with Gasteiger partial charge in [0.15, 0.2) is 0 Å². The first-order chi connectivity index (χ1) is 18.6. The van der Waals surface area contributed by atoms with E-state index in [2.05, 4.69) is 105 Å². The molecule has 42 heavy (non-hydrogen) atoms. The molecule has 0 amide bonds. The molecule has 4 aromatic carbocycles. The van der Waals surface area contributed by atoms with E-state index in [0.717, 1.165) is 24.2 Å². The Morgan fingerprint density at radius 2 is 1.00 bits per heavy atom. The van der Waals surface area contributed by atoms with E-state index < -0.39 is 0 Å². The van der Waals surface area contributed by atoms with Crippen molar-refractivity contribution in [1.82, 2.24) is 9.97 Å². The Labute approximate surface area is 282 Å². The van der Waals surface area contributed by atoms with Gasteiger partial charge >= 0.3 is 30.2 Å². The first-order valence-electron chi connectivity index (χ1n) is 13.0. The molecule has 0 N–H and O–H groups in total. The predicted octanol–water partition coefficient (Wildman–Crippen LogP) is 10.3. The number of fused-ring (bicyclic) bond motifs is 2. The second-order valence-corrected chi connectivity index (χ2v) is 9.38. The Morgan fingerprint density at radius 1 is 0.619 bits per heavy atom. The molecule has 0 spiro atoms. The average Bonchev–Trinajstić information content (AvgIpc) is 3.62. The van der Waals surface area contributed by atoms with Crippen LogP contribution in [0.5, 0.6) is 0 Å². The van der Waals surface area contributed by atoms with Crippen molar-refractivity contribution in [2.24, 2.45) is 0 Å². The van der Waals surface area contributed by atoms with Crippen molar-refractivity contribution in [2.45, 2.75) is 40.5 Å². The van der Waals surface area contributed by atoms with Gasteiger partial charge in [-0.3, -0.25) is 9.97 Å². The molecule has 0 fully saturated rings. The van der Waals surface area contributed by atoms with Crippen LogP contribution in [0.2, 0.25) is 0 Å². The van der Waals surface area contributed by atoms with E-state index in [1.54, 1.807) is 0 Å². The van der Waals surface area contributed by atoms with Gasteiger partial charge in [0.1, 0.15) is 0 Å². The molecule has 6 aromatic rings. The van der Waals surface area contributed by atoms with Crippen LogP contribution in [0.15, 0.2) is 97.3 Å². The molecular weight excluding hydrogens is 651 g/mol. The molecule has 0 saturated carbocycles. The van der Waals surface area contributed by atoms with Gasteiger partial charge in [-0.15, -0.1) is 92.9 Å². The van der Waals surface area contributed by atoms with E-state index in [-0.39, 0.29) is 39.7 Å². The third kappa shape index (κ3) is 8.83. The summed E-state index contributed by atoms with van der Waals surface area (Å²) in [5.41, 5.74) is 10.0. The number of rotatable bonds is 4. The molecule has 6 heteroatoms. The summed E-state index contributed by atoms with van der Waals surface area (Å²) in [5, 5.41) is 5.36. The molecule has 0 bridgehead atoms. The van der Waals surface area contributed by atoms with Crippen molar-refractivity contribution in [1.29, 1.82) is 0 Å². The zero-order valence-electron chi connectivity index (χ0n) is 25.4. The molecule has 2 heterocycles. The van der Waals surface area contributed by atoms with E-state index in [0.29, 0.717) is 0 Å². The number of hydrogen-bond donors (Lipinski definition) is 0. The van der Waals surface area contributed by atoms with Gasteiger partial charge in [0.25, 0.3) is 0 Å². The van der Waals surface area contributed by atoms with Crippen molar-refractivity contribution in [3.8, 4) is 22.5 Å². The number of benzene rings is 2. The van der Waals surface area contributed by atoms with Gasteiger partial charge in [-0.2, -0.15) is 12.1 Å². The summed E-state index contributed by atoms with van der Waals surface area (Å²) in [7, 11) is 0. The van der Waals surface area contributed by atoms with Crippen LogP contribution in [-0.4, -0.2) is 16.8 Å². The molecular formula is C36H40Cl2N2SiZr-4. The van der Waals surface area contributed by atoms with Crippen LogP contribution >= 0.6 is 24.8 Å². The zero-order chi connectivity index (χ0) is 27.1. The molecule has 0 atom stereocenters. The maximum atomic E-state index is 4.46. The summed E-state index contributed by atoms with van der Waals surface area (Å²) >= 11 is 1.36. The van der Waals surface area contributed by atoms with Crippen LogP contribution in [0, 0.1) is 28.7 Å². The Kier molecular flexibility index (Phi) is 18.0. The number of aromatic nitrogens is 2. The molecule has 6 rings (SSSR count). The minimum atomic E-state index is 0. The van der Waals surface area contributed by atoms with Gasteiger partial charge in [-0.25, -0.2) is 0 Å². The first-order valence-corrected chi connectivity index (χ1v) is 17.2. The first kappa shape index (κ1) is 39.6. The van der Waals surface area contributed by atoms with E-state index in [1.807, 2.05) is 36.7 Å². The van der Waals surface area contributed by atoms with Crippen LogP contribution in [0.25, 0.3) is 44.1 Å². The Bertz CT molecular complexity index is 1520. The molecule has 2 nitrogen and oxygen atoms in total. The van der Waals surface area contributed by atoms with Gasteiger partial charge in [0.2, 0.25) is 0 Å². The molecule has 2 radical (unpaired) electrons. The summed E-state index contributed by atoms with van der Waals surface area (Å²) in [6.07, 6.45) is 5.86. The monoisotopic (exact) mass is 688 g/mol. The van der Waals surface area contributed by atoms with Crippen molar-refractivity contribution in [3.63, 3.8) is 0 Å². The fraction of sp³-hybridized carbons (Fsp3) is 0.167. The standard InChI is InChI=1S/2C17H16N.2CH3.2ClH.Si.Zr/c2*1-3-13-10-15-12(2)7-8-14(16(15)11-13)17-6-4-5-9-18-17;;;;;;/h2*4-11H,3H2,1-2H3;2*1H3;2*1H;;/q4*-1;;;;. The van der Waals surface area contributed by atoms with Gasteiger partial charge in [-0.05, 0) is 48.2 Å². The third-order valence-electron chi connectivity index (χ3n) is 7.03. The SMILES string of the molecule is CCc1cc2c(-c3ccccn3)ccc(C)c2[cH-]1.CCc1cc2c(-c3ccccn3)ccc(C)c2[cH-]1.Cl.Cl.[CH3-].[CH3-].[Si]=[Zr]. The van der Waals surface area contributed by atoms with Crippen LogP contribution in [0.4, 0.5) is 0 Å². The number of nitrogens with zero attached hydrogens (tertiary/aromatic N) is 2. The molecule has 2 aromatic heterocycles. The van der Waals surface area contributed by atoms with Gasteiger partial charge in [-0.1, -0.05) is 52.0 Å². The quantitative estimate of drug-likeness (QED) is 0.136. The second kappa shape index (κ2) is 19.0. The zero-order valence-corrected chi connectivity index (χ0v) is 30.5. The Hall–Kier alpha value is -2.36. The fourth-order valence-corrected chi connectivity index (χ4v) is 4.91. The van der Waals surface area contributed by atoms with Crippen molar-refractivity contribution < 1.29 is 23.3 Å². The summed E-state index contributed by atoms with van der Waals surface area (Å²) in [6, 6.07) is 30.1. The molecule has 220 valence electrons. The molecule has 0 aliphatic heterocycles. The maximum absolute atomic E-state index is 4.46. The Balaban J connectivity index is 0.000000694.